The van der Waals surface area contributed by atoms with Crippen LogP contribution in [0.1, 0.15) is 30.5 Å². The summed E-state index contributed by atoms with van der Waals surface area (Å²) in [6.07, 6.45) is 0.900. The smallest absolute Gasteiger partial charge is 0.128 e. The highest BCUT2D eigenvalue weighted by molar-refractivity contribution is 5.37. The SMILES string of the molecule is CCCNC(c1cccc(OC)c1)c1cc(F)ccc1F. The van der Waals surface area contributed by atoms with Crippen molar-refractivity contribution in [2.45, 2.75) is 19.4 Å². The summed E-state index contributed by atoms with van der Waals surface area (Å²) in [7, 11) is 1.58. The van der Waals surface area contributed by atoms with Crippen LogP contribution in [-0.4, -0.2) is 13.7 Å². The monoisotopic (exact) mass is 291 g/mol. The van der Waals surface area contributed by atoms with E-state index in [-0.39, 0.29) is 0 Å². The average molecular weight is 291 g/mol. The van der Waals surface area contributed by atoms with E-state index in [0.29, 0.717) is 17.9 Å². The number of nitrogens with one attached hydrogen (secondary N) is 1. The molecule has 0 heterocycles. The number of hydrogen-bond donors (Lipinski definition) is 1. The van der Waals surface area contributed by atoms with Crippen molar-refractivity contribution in [3.63, 3.8) is 0 Å². The van der Waals surface area contributed by atoms with E-state index in [1.54, 1.807) is 7.11 Å². The molecule has 21 heavy (non-hydrogen) atoms. The first-order valence-electron chi connectivity index (χ1n) is 6.98. The number of benzene rings is 2. The zero-order valence-electron chi connectivity index (χ0n) is 12.2. The standard InChI is InChI=1S/C17H19F2NO/c1-3-9-20-17(12-5-4-6-14(10-12)21-2)15-11-13(18)7-8-16(15)19/h4-8,10-11,17,20H,3,9H2,1-2H3. The molecule has 1 N–H and O–H groups in total. The van der Waals surface area contributed by atoms with Crippen LogP contribution >= 0.6 is 0 Å². The maximum atomic E-state index is 14.1. The van der Waals surface area contributed by atoms with E-state index in [1.807, 2.05) is 31.2 Å². The van der Waals surface area contributed by atoms with E-state index in [0.717, 1.165) is 24.1 Å². The second-order valence-electron chi connectivity index (χ2n) is 4.83. The highest BCUT2D eigenvalue weighted by Crippen LogP contribution is 2.27. The van der Waals surface area contributed by atoms with Gasteiger partial charge < -0.3 is 10.1 Å². The van der Waals surface area contributed by atoms with Crippen LogP contribution in [0.15, 0.2) is 42.5 Å². The molecule has 112 valence electrons. The number of ether oxygens (including phenoxy) is 1. The minimum absolute atomic E-state index is 0.303. The Bertz CT molecular complexity index is 601. The number of halogens is 2. The van der Waals surface area contributed by atoms with Crippen molar-refractivity contribution < 1.29 is 13.5 Å². The predicted octanol–water partition coefficient (Wildman–Crippen LogP) is 4.06. The lowest BCUT2D eigenvalue weighted by Gasteiger charge is -2.21. The number of rotatable bonds is 6. The summed E-state index contributed by atoms with van der Waals surface area (Å²) < 4.78 is 32.8. The van der Waals surface area contributed by atoms with Gasteiger partial charge in [-0.05, 0) is 48.9 Å². The Morgan fingerprint density at radius 1 is 1.14 bits per heavy atom. The van der Waals surface area contributed by atoms with Crippen LogP contribution in [-0.2, 0) is 0 Å². The average Bonchev–Trinajstić information content (AvgIpc) is 2.51. The Balaban J connectivity index is 2.44. The van der Waals surface area contributed by atoms with Crippen LogP contribution in [0.4, 0.5) is 8.78 Å². The first-order valence-corrected chi connectivity index (χ1v) is 6.98. The molecule has 0 radical (unpaired) electrons. The van der Waals surface area contributed by atoms with Gasteiger partial charge in [-0.15, -0.1) is 0 Å². The second-order valence-corrected chi connectivity index (χ2v) is 4.83. The molecule has 0 saturated heterocycles. The van der Waals surface area contributed by atoms with Crippen molar-refractivity contribution in [1.29, 1.82) is 0 Å². The summed E-state index contributed by atoms with van der Waals surface area (Å²) in [4.78, 5) is 0. The first-order chi connectivity index (χ1) is 10.2. The molecule has 0 saturated carbocycles. The van der Waals surface area contributed by atoms with Gasteiger partial charge in [0.05, 0.1) is 13.2 Å². The second kappa shape index (κ2) is 7.18. The van der Waals surface area contributed by atoms with Gasteiger partial charge in [0, 0.05) is 5.56 Å². The quantitative estimate of drug-likeness (QED) is 0.866. The van der Waals surface area contributed by atoms with Gasteiger partial charge in [-0.2, -0.15) is 0 Å². The van der Waals surface area contributed by atoms with Gasteiger partial charge in [0.25, 0.3) is 0 Å². The Labute approximate surface area is 123 Å². The molecule has 0 fully saturated rings. The van der Waals surface area contributed by atoms with Gasteiger partial charge in [-0.3, -0.25) is 0 Å². The summed E-state index contributed by atoms with van der Waals surface area (Å²) in [5.74, 6) is -0.182. The molecule has 0 bridgehead atoms. The fourth-order valence-corrected chi connectivity index (χ4v) is 2.25. The molecule has 0 aliphatic carbocycles. The Kier molecular flexibility index (Phi) is 5.28. The van der Waals surface area contributed by atoms with Crippen LogP contribution in [0.25, 0.3) is 0 Å². The molecule has 0 spiro atoms. The van der Waals surface area contributed by atoms with Crippen molar-refractivity contribution in [1.82, 2.24) is 5.32 Å². The molecule has 1 atom stereocenters. The molecule has 2 aromatic rings. The molecule has 2 rings (SSSR count). The fraction of sp³-hybridized carbons (Fsp3) is 0.294. The van der Waals surface area contributed by atoms with Gasteiger partial charge in [0.2, 0.25) is 0 Å². The first kappa shape index (κ1) is 15.4. The predicted molar refractivity (Wildman–Crippen MR) is 79.5 cm³/mol. The van der Waals surface area contributed by atoms with Crippen LogP contribution in [0.2, 0.25) is 0 Å². The summed E-state index contributed by atoms with van der Waals surface area (Å²) in [6.45, 7) is 2.73. The summed E-state index contributed by atoms with van der Waals surface area (Å²) >= 11 is 0. The molecule has 0 amide bonds. The van der Waals surface area contributed by atoms with E-state index in [4.69, 9.17) is 4.74 Å². The third kappa shape index (κ3) is 3.79. The van der Waals surface area contributed by atoms with Crippen LogP contribution in [0.5, 0.6) is 5.75 Å². The van der Waals surface area contributed by atoms with Gasteiger partial charge in [0.15, 0.2) is 0 Å². The molecule has 0 aromatic heterocycles. The summed E-state index contributed by atoms with van der Waals surface area (Å²) in [5.41, 5.74) is 1.14. The third-order valence-corrected chi connectivity index (χ3v) is 3.29. The highest BCUT2D eigenvalue weighted by Gasteiger charge is 2.18. The van der Waals surface area contributed by atoms with Crippen LogP contribution < -0.4 is 10.1 Å². The topological polar surface area (TPSA) is 21.3 Å². The van der Waals surface area contributed by atoms with Crippen molar-refractivity contribution in [3.05, 3.63) is 65.2 Å². The van der Waals surface area contributed by atoms with Crippen LogP contribution in [0.3, 0.4) is 0 Å². The lowest BCUT2D eigenvalue weighted by Crippen LogP contribution is -2.24. The zero-order valence-corrected chi connectivity index (χ0v) is 12.2. The Morgan fingerprint density at radius 2 is 1.95 bits per heavy atom. The Hall–Kier alpha value is -1.94. The van der Waals surface area contributed by atoms with E-state index in [2.05, 4.69) is 5.32 Å². The van der Waals surface area contributed by atoms with Crippen molar-refractivity contribution in [2.75, 3.05) is 13.7 Å². The maximum absolute atomic E-state index is 14.1. The van der Waals surface area contributed by atoms with Crippen molar-refractivity contribution >= 4 is 0 Å². The van der Waals surface area contributed by atoms with E-state index >= 15 is 0 Å². The van der Waals surface area contributed by atoms with E-state index in [1.165, 1.54) is 6.07 Å². The molecule has 0 aliphatic heterocycles. The molecule has 2 nitrogen and oxygen atoms in total. The summed E-state index contributed by atoms with van der Waals surface area (Å²) in [5, 5.41) is 3.26. The lowest BCUT2D eigenvalue weighted by atomic mass is 9.97. The largest absolute Gasteiger partial charge is 0.497 e. The van der Waals surface area contributed by atoms with Gasteiger partial charge in [-0.1, -0.05) is 19.1 Å². The molecule has 0 aliphatic rings. The fourth-order valence-electron chi connectivity index (χ4n) is 2.25. The molecule has 2 aromatic carbocycles. The number of hydrogen-bond acceptors (Lipinski definition) is 2. The maximum Gasteiger partial charge on any atom is 0.128 e. The lowest BCUT2D eigenvalue weighted by molar-refractivity contribution is 0.413. The number of methoxy groups -OCH3 is 1. The third-order valence-electron chi connectivity index (χ3n) is 3.29. The van der Waals surface area contributed by atoms with Gasteiger partial charge in [-0.25, -0.2) is 8.78 Å². The molecular weight excluding hydrogens is 272 g/mol. The van der Waals surface area contributed by atoms with Gasteiger partial charge >= 0.3 is 0 Å². The highest BCUT2D eigenvalue weighted by atomic mass is 19.1. The summed E-state index contributed by atoms with van der Waals surface area (Å²) in [6, 6.07) is 10.5. The van der Waals surface area contributed by atoms with E-state index < -0.39 is 17.7 Å². The molecule has 4 heteroatoms. The molecular formula is C17H19F2NO. The minimum atomic E-state index is -0.447. The Morgan fingerprint density at radius 3 is 2.67 bits per heavy atom. The zero-order chi connectivity index (χ0) is 15.2. The van der Waals surface area contributed by atoms with Crippen molar-refractivity contribution in [3.8, 4) is 5.75 Å². The minimum Gasteiger partial charge on any atom is -0.497 e. The van der Waals surface area contributed by atoms with Gasteiger partial charge in [0.1, 0.15) is 17.4 Å². The van der Waals surface area contributed by atoms with Crippen molar-refractivity contribution in [2.24, 2.45) is 0 Å². The normalized spacial score (nSPS) is 12.2. The molecule has 1 unspecified atom stereocenters. The van der Waals surface area contributed by atoms with Crippen LogP contribution in [0, 0.1) is 11.6 Å². The van der Waals surface area contributed by atoms with E-state index in [9.17, 15) is 8.78 Å².